The molecule has 22 heavy (non-hydrogen) atoms. The van der Waals surface area contributed by atoms with E-state index in [4.69, 9.17) is 5.11 Å². The molecule has 3 aromatic rings. The highest BCUT2D eigenvalue weighted by Crippen LogP contribution is 2.27. The maximum absolute atomic E-state index is 12.2. The van der Waals surface area contributed by atoms with E-state index in [0.717, 1.165) is 5.69 Å². The van der Waals surface area contributed by atoms with E-state index in [-0.39, 0.29) is 11.5 Å². The van der Waals surface area contributed by atoms with Crippen LogP contribution in [0.25, 0.3) is 10.2 Å². The van der Waals surface area contributed by atoms with Crippen LogP contribution in [0.5, 0.6) is 0 Å². The second kappa shape index (κ2) is 5.53. The first-order valence-corrected chi connectivity index (χ1v) is 7.22. The molecule has 0 fully saturated rings. The molecule has 0 aliphatic heterocycles. The predicted molar refractivity (Wildman–Crippen MR) is 83.5 cm³/mol. The van der Waals surface area contributed by atoms with Crippen LogP contribution in [0.3, 0.4) is 0 Å². The molecule has 0 unspecified atom stereocenters. The Labute approximate surface area is 129 Å². The van der Waals surface area contributed by atoms with Gasteiger partial charge in [0.2, 0.25) is 0 Å². The maximum atomic E-state index is 12.2. The second-order valence-electron chi connectivity index (χ2n) is 4.65. The highest BCUT2D eigenvalue weighted by molar-refractivity contribution is 7.22. The number of carbonyl (C=O) groups is 2. The van der Waals surface area contributed by atoms with Gasteiger partial charge < -0.3 is 5.11 Å². The SMILES string of the molecule is Cc1cc(C(=O)Nc2nc3ccc(C(=O)O)cc3s2)ccn1. The number of anilines is 1. The number of amides is 1. The Morgan fingerprint density at radius 1 is 1.18 bits per heavy atom. The van der Waals surface area contributed by atoms with Gasteiger partial charge in [-0.2, -0.15) is 0 Å². The van der Waals surface area contributed by atoms with E-state index in [9.17, 15) is 9.59 Å². The van der Waals surface area contributed by atoms with E-state index in [1.165, 1.54) is 17.4 Å². The molecule has 1 amide bonds. The largest absolute Gasteiger partial charge is 0.478 e. The number of aryl methyl sites for hydroxylation is 1. The summed E-state index contributed by atoms with van der Waals surface area (Å²) in [7, 11) is 0. The Balaban J connectivity index is 1.87. The molecule has 0 saturated heterocycles. The fraction of sp³-hybridized carbons (Fsp3) is 0.0667. The number of aromatic nitrogens is 2. The fourth-order valence-electron chi connectivity index (χ4n) is 1.97. The number of carboxylic acids is 1. The summed E-state index contributed by atoms with van der Waals surface area (Å²) in [5.74, 6) is -1.27. The summed E-state index contributed by atoms with van der Waals surface area (Å²) in [5, 5.41) is 12.1. The molecule has 0 radical (unpaired) electrons. The van der Waals surface area contributed by atoms with Gasteiger partial charge in [-0.3, -0.25) is 15.1 Å². The zero-order valence-corrected chi connectivity index (χ0v) is 12.3. The van der Waals surface area contributed by atoms with Crippen LogP contribution in [0.15, 0.2) is 36.5 Å². The van der Waals surface area contributed by atoms with Crippen LogP contribution in [0.4, 0.5) is 5.13 Å². The van der Waals surface area contributed by atoms with E-state index in [0.29, 0.717) is 20.9 Å². The summed E-state index contributed by atoms with van der Waals surface area (Å²) in [6.07, 6.45) is 1.57. The van der Waals surface area contributed by atoms with Gasteiger partial charge in [-0.15, -0.1) is 0 Å². The summed E-state index contributed by atoms with van der Waals surface area (Å²) in [4.78, 5) is 31.4. The van der Waals surface area contributed by atoms with Crippen molar-refractivity contribution >= 4 is 38.6 Å². The van der Waals surface area contributed by atoms with E-state index in [1.54, 1.807) is 30.5 Å². The molecule has 0 saturated carbocycles. The van der Waals surface area contributed by atoms with Gasteiger partial charge in [0.15, 0.2) is 5.13 Å². The van der Waals surface area contributed by atoms with E-state index >= 15 is 0 Å². The number of benzene rings is 1. The zero-order chi connectivity index (χ0) is 15.7. The quantitative estimate of drug-likeness (QED) is 0.775. The average molecular weight is 313 g/mol. The molecular weight excluding hydrogens is 302 g/mol. The number of hydrogen-bond donors (Lipinski definition) is 2. The molecule has 1 aromatic carbocycles. The lowest BCUT2D eigenvalue weighted by molar-refractivity contribution is 0.0697. The Morgan fingerprint density at radius 2 is 2.00 bits per heavy atom. The van der Waals surface area contributed by atoms with Crippen molar-refractivity contribution in [2.75, 3.05) is 5.32 Å². The number of carbonyl (C=O) groups excluding carboxylic acids is 1. The number of thiazole rings is 1. The first kappa shape index (κ1) is 14.2. The summed E-state index contributed by atoms with van der Waals surface area (Å²) in [6.45, 7) is 1.81. The Hall–Kier alpha value is -2.80. The topological polar surface area (TPSA) is 92.2 Å². The van der Waals surface area contributed by atoms with Crippen molar-refractivity contribution in [2.24, 2.45) is 0 Å². The minimum atomic E-state index is -0.992. The fourth-order valence-corrected chi connectivity index (χ4v) is 2.87. The Kier molecular flexibility index (Phi) is 3.56. The molecule has 0 aliphatic rings. The molecular formula is C15H11N3O3S. The third-order valence-corrected chi connectivity index (χ3v) is 3.95. The minimum absolute atomic E-state index is 0.193. The van der Waals surface area contributed by atoms with Crippen molar-refractivity contribution in [3.63, 3.8) is 0 Å². The van der Waals surface area contributed by atoms with Crippen molar-refractivity contribution in [3.05, 3.63) is 53.3 Å². The van der Waals surface area contributed by atoms with Gasteiger partial charge in [0.05, 0.1) is 15.8 Å². The standard InChI is InChI=1S/C15H11N3O3S/c1-8-6-9(4-5-16-8)13(19)18-15-17-11-3-2-10(14(20)21)7-12(11)22-15/h2-7H,1H3,(H,20,21)(H,17,18,19). The molecule has 0 spiro atoms. The molecule has 7 heteroatoms. The van der Waals surface area contributed by atoms with Crippen LogP contribution in [0, 0.1) is 6.92 Å². The second-order valence-corrected chi connectivity index (χ2v) is 5.68. The van der Waals surface area contributed by atoms with Gasteiger partial charge in [0, 0.05) is 17.5 Å². The lowest BCUT2D eigenvalue weighted by Gasteiger charge is -2.01. The van der Waals surface area contributed by atoms with Crippen LogP contribution < -0.4 is 5.32 Å². The van der Waals surface area contributed by atoms with E-state index in [1.807, 2.05) is 6.92 Å². The number of fused-ring (bicyclic) bond motifs is 1. The maximum Gasteiger partial charge on any atom is 0.335 e. The van der Waals surface area contributed by atoms with Gasteiger partial charge in [0.1, 0.15) is 0 Å². The van der Waals surface area contributed by atoms with Crippen molar-refractivity contribution < 1.29 is 14.7 Å². The molecule has 0 atom stereocenters. The average Bonchev–Trinajstić information content (AvgIpc) is 2.88. The van der Waals surface area contributed by atoms with E-state index < -0.39 is 5.97 Å². The van der Waals surface area contributed by atoms with Gasteiger partial charge in [-0.1, -0.05) is 11.3 Å². The summed E-state index contributed by atoms with van der Waals surface area (Å²) < 4.78 is 0.709. The lowest BCUT2D eigenvalue weighted by Crippen LogP contribution is -2.11. The van der Waals surface area contributed by atoms with Crippen LogP contribution in [-0.2, 0) is 0 Å². The number of nitrogens with zero attached hydrogens (tertiary/aromatic N) is 2. The van der Waals surface area contributed by atoms with Gasteiger partial charge in [-0.05, 0) is 37.3 Å². The number of hydrogen-bond acceptors (Lipinski definition) is 5. The normalized spacial score (nSPS) is 10.6. The van der Waals surface area contributed by atoms with Crippen molar-refractivity contribution in [2.45, 2.75) is 6.92 Å². The molecule has 2 N–H and O–H groups in total. The lowest BCUT2D eigenvalue weighted by atomic mass is 10.2. The van der Waals surface area contributed by atoms with Crippen molar-refractivity contribution in [1.82, 2.24) is 9.97 Å². The highest BCUT2D eigenvalue weighted by Gasteiger charge is 2.12. The number of pyridine rings is 1. The Morgan fingerprint density at radius 3 is 2.73 bits per heavy atom. The van der Waals surface area contributed by atoms with Crippen molar-refractivity contribution in [3.8, 4) is 0 Å². The monoisotopic (exact) mass is 313 g/mol. The molecule has 110 valence electrons. The third-order valence-electron chi connectivity index (χ3n) is 3.01. The van der Waals surface area contributed by atoms with Crippen molar-refractivity contribution in [1.29, 1.82) is 0 Å². The summed E-state index contributed by atoms with van der Waals surface area (Å²) in [5.41, 5.74) is 2.09. The molecule has 0 aliphatic carbocycles. The van der Waals surface area contributed by atoms with Crippen LogP contribution in [-0.4, -0.2) is 27.0 Å². The molecule has 0 bridgehead atoms. The smallest absolute Gasteiger partial charge is 0.335 e. The highest BCUT2D eigenvalue weighted by atomic mass is 32.1. The Bertz CT molecular complexity index is 889. The molecule has 3 rings (SSSR count). The molecule has 6 nitrogen and oxygen atoms in total. The number of nitrogens with one attached hydrogen (secondary N) is 1. The molecule has 2 heterocycles. The number of carboxylic acid groups (broad SMARTS) is 1. The first-order chi connectivity index (χ1) is 10.5. The zero-order valence-electron chi connectivity index (χ0n) is 11.5. The summed E-state index contributed by atoms with van der Waals surface area (Å²) in [6, 6.07) is 7.97. The first-order valence-electron chi connectivity index (χ1n) is 6.41. The van der Waals surface area contributed by atoms with Crippen LogP contribution in [0.1, 0.15) is 26.4 Å². The predicted octanol–water partition coefficient (Wildman–Crippen LogP) is 2.95. The number of rotatable bonds is 3. The molecule has 2 aromatic heterocycles. The summed E-state index contributed by atoms with van der Waals surface area (Å²) >= 11 is 1.23. The number of aromatic carboxylic acids is 1. The minimum Gasteiger partial charge on any atom is -0.478 e. The van der Waals surface area contributed by atoms with Gasteiger partial charge in [-0.25, -0.2) is 9.78 Å². The van der Waals surface area contributed by atoms with Gasteiger partial charge in [0.25, 0.3) is 5.91 Å². The van der Waals surface area contributed by atoms with Crippen LogP contribution >= 0.6 is 11.3 Å². The van der Waals surface area contributed by atoms with E-state index in [2.05, 4.69) is 15.3 Å². The third kappa shape index (κ3) is 2.79. The van der Waals surface area contributed by atoms with Crippen LogP contribution in [0.2, 0.25) is 0 Å². The van der Waals surface area contributed by atoms with Gasteiger partial charge >= 0.3 is 5.97 Å².